The molecule has 0 aliphatic carbocycles. The second-order valence-electron chi connectivity index (χ2n) is 11.0. The molecular weight excluding hydrogens is 520 g/mol. The number of epoxide rings is 1. The molecule has 0 aromatic rings. The summed E-state index contributed by atoms with van der Waals surface area (Å²) < 4.78 is 27.5. The number of methoxy groups -OCH3 is 1. The maximum atomic E-state index is 12.3. The molecule has 1 spiro atoms. The van der Waals surface area contributed by atoms with Gasteiger partial charge in [0, 0.05) is 26.0 Å². The molecule has 9 unspecified atom stereocenters. The number of hydrogen-bond donors (Lipinski definition) is 3. The minimum atomic E-state index is -0.791. The molecule has 11 heteroatoms. The molecule has 3 fully saturated rings. The first-order chi connectivity index (χ1) is 18.9. The highest BCUT2D eigenvalue weighted by Crippen LogP contribution is 2.42. The first-order valence-corrected chi connectivity index (χ1v) is 13.9. The van der Waals surface area contributed by atoms with E-state index in [2.05, 4.69) is 28.4 Å². The fourth-order valence-corrected chi connectivity index (χ4v) is 5.16. The second kappa shape index (κ2) is 14.2. The van der Waals surface area contributed by atoms with Crippen molar-refractivity contribution in [2.75, 3.05) is 20.3 Å². The zero-order valence-corrected chi connectivity index (χ0v) is 24.3. The van der Waals surface area contributed by atoms with Gasteiger partial charge in [-0.05, 0) is 45.6 Å². The zero-order valence-electron chi connectivity index (χ0n) is 24.3. The van der Waals surface area contributed by atoms with Crippen LogP contribution in [0.2, 0.25) is 0 Å². The van der Waals surface area contributed by atoms with E-state index in [1.54, 1.807) is 13.0 Å². The number of amides is 2. The number of aliphatic hydroxyl groups is 1. The van der Waals surface area contributed by atoms with Gasteiger partial charge in [-0.3, -0.25) is 9.59 Å². The smallest absolute Gasteiger partial charge is 0.406 e. The molecule has 224 valence electrons. The number of esters is 1. The Kier molecular flexibility index (Phi) is 11.3. The Bertz CT molecular complexity index is 990. The van der Waals surface area contributed by atoms with Gasteiger partial charge in [0.25, 0.3) is 0 Å². The summed E-state index contributed by atoms with van der Waals surface area (Å²) in [5, 5.41) is 16.4. The normalized spacial score (nSPS) is 35.0. The van der Waals surface area contributed by atoms with Crippen molar-refractivity contribution in [3.05, 3.63) is 36.0 Å². The third kappa shape index (κ3) is 9.15. The molecule has 0 bridgehead atoms. The van der Waals surface area contributed by atoms with Gasteiger partial charge in [-0.15, -0.1) is 0 Å². The molecule has 0 aromatic heterocycles. The lowest BCUT2D eigenvalue weighted by Crippen LogP contribution is -2.52. The van der Waals surface area contributed by atoms with Gasteiger partial charge in [0.15, 0.2) is 0 Å². The lowest BCUT2D eigenvalue weighted by molar-refractivity contribution is -0.143. The number of carbonyl (C=O) groups excluding carboxylic acids is 3. The third-order valence-corrected chi connectivity index (χ3v) is 7.58. The Morgan fingerprint density at radius 2 is 1.90 bits per heavy atom. The van der Waals surface area contributed by atoms with Crippen LogP contribution in [0.15, 0.2) is 36.0 Å². The molecule has 3 aliphatic heterocycles. The van der Waals surface area contributed by atoms with Crippen LogP contribution >= 0.6 is 0 Å². The lowest BCUT2D eigenvalue weighted by atomic mass is 9.87. The highest BCUT2D eigenvalue weighted by Gasteiger charge is 2.58. The van der Waals surface area contributed by atoms with Gasteiger partial charge < -0.3 is 39.4 Å². The van der Waals surface area contributed by atoms with Crippen molar-refractivity contribution in [3.8, 4) is 0 Å². The summed E-state index contributed by atoms with van der Waals surface area (Å²) in [6.45, 7) is 9.79. The molecule has 2 amide bonds. The van der Waals surface area contributed by atoms with Crippen molar-refractivity contribution in [3.63, 3.8) is 0 Å². The van der Waals surface area contributed by atoms with Gasteiger partial charge in [0.05, 0.1) is 38.1 Å². The summed E-state index contributed by atoms with van der Waals surface area (Å²) in [5.74, 6) is -0.428. The van der Waals surface area contributed by atoms with E-state index in [9.17, 15) is 19.5 Å². The Labute approximate surface area is 236 Å². The molecule has 0 radical (unpaired) electrons. The molecule has 40 heavy (non-hydrogen) atoms. The maximum Gasteiger partial charge on any atom is 0.406 e. The Morgan fingerprint density at radius 1 is 1.18 bits per heavy atom. The van der Waals surface area contributed by atoms with E-state index in [1.165, 1.54) is 20.1 Å². The number of nitrogens with one attached hydrogen (secondary N) is 2. The van der Waals surface area contributed by atoms with Crippen LogP contribution in [0, 0.1) is 5.92 Å². The predicted molar refractivity (Wildman–Crippen MR) is 146 cm³/mol. The molecule has 0 saturated carbocycles. The van der Waals surface area contributed by atoms with Gasteiger partial charge in [-0.2, -0.15) is 0 Å². The molecule has 3 N–H and O–H groups in total. The Hall–Kier alpha value is -2.73. The summed E-state index contributed by atoms with van der Waals surface area (Å²) in [7, 11) is 1.30. The van der Waals surface area contributed by atoms with Crippen LogP contribution < -0.4 is 10.6 Å². The topological polar surface area (TPSA) is 145 Å². The summed E-state index contributed by atoms with van der Waals surface area (Å²) in [4.78, 5) is 34.8. The van der Waals surface area contributed by atoms with Crippen LogP contribution in [0.25, 0.3) is 0 Å². The standard InChI is InChI=1S/C29H44N2O9/c1-17(8-11-25-27(34)29(16-37-29)14-22(40-25)15-30-28(35)36-6)7-10-24-18(2)13-23(20(4)39-24)31-26(33)12-9-19(3)38-21(5)32/h7-9,11-12,18-20,22-25,27,34H,10,13-16H2,1-6H3,(H,30,35)(H,31,33). The highest BCUT2D eigenvalue weighted by molar-refractivity contribution is 5.87. The van der Waals surface area contributed by atoms with Crippen molar-refractivity contribution < 1.29 is 43.2 Å². The van der Waals surface area contributed by atoms with E-state index >= 15 is 0 Å². The van der Waals surface area contributed by atoms with E-state index in [0.29, 0.717) is 19.4 Å². The molecule has 3 saturated heterocycles. The summed E-state index contributed by atoms with van der Waals surface area (Å²) in [6.07, 6.45) is 7.93. The molecule has 3 heterocycles. The maximum absolute atomic E-state index is 12.3. The van der Waals surface area contributed by atoms with Crippen molar-refractivity contribution >= 4 is 18.0 Å². The predicted octanol–water partition coefficient (Wildman–Crippen LogP) is 2.33. The second-order valence-corrected chi connectivity index (χ2v) is 11.0. The van der Waals surface area contributed by atoms with Crippen LogP contribution in [0.3, 0.4) is 0 Å². The number of aliphatic hydroxyl groups excluding tert-OH is 1. The van der Waals surface area contributed by atoms with Crippen molar-refractivity contribution in [2.24, 2.45) is 5.92 Å². The fourth-order valence-electron chi connectivity index (χ4n) is 5.16. The molecule has 0 aromatic carbocycles. The third-order valence-electron chi connectivity index (χ3n) is 7.58. The van der Waals surface area contributed by atoms with Crippen molar-refractivity contribution in [1.82, 2.24) is 10.6 Å². The average molecular weight is 565 g/mol. The number of rotatable bonds is 10. The van der Waals surface area contributed by atoms with Gasteiger partial charge >= 0.3 is 12.1 Å². The largest absolute Gasteiger partial charge is 0.459 e. The monoisotopic (exact) mass is 564 g/mol. The average Bonchev–Trinajstić information content (AvgIpc) is 3.67. The zero-order chi connectivity index (χ0) is 29.4. The quantitative estimate of drug-likeness (QED) is 0.158. The van der Waals surface area contributed by atoms with Gasteiger partial charge in [-0.25, -0.2) is 4.79 Å². The molecule has 3 aliphatic rings. The SMILES string of the molecule is COC(=O)NCC1CC2(CO2)C(O)C(C=CC(C)=CCC2OC(C)C(NC(=O)C=CC(C)OC(C)=O)CC2C)O1. The van der Waals surface area contributed by atoms with Crippen LogP contribution in [0.1, 0.15) is 53.9 Å². The summed E-state index contributed by atoms with van der Waals surface area (Å²) in [6, 6.07) is -0.124. The molecule has 3 rings (SSSR count). The van der Waals surface area contributed by atoms with Crippen molar-refractivity contribution in [2.45, 2.75) is 102 Å². The molecule has 11 nitrogen and oxygen atoms in total. The van der Waals surface area contributed by atoms with E-state index in [0.717, 1.165) is 12.0 Å². The fraction of sp³-hybridized carbons (Fsp3) is 0.690. The van der Waals surface area contributed by atoms with Crippen molar-refractivity contribution in [1.29, 1.82) is 0 Å². The van der Waals surface area contributed by atoms with Crippen LogP contribution in [0.5, 0.6) is 0 Å². The Balaban J connectivity index is 1.49. The molecule has 9 atom stereocenters. The first kappa shape index (κ1) is 31.8. The van der Waals surface area contributed by atoms with Gasteiger partial charge in [0.2, 0.25) is 5.91 Å². The minimum absolute atomic E-state index is 0.000497. The molecular formula is C29H44N2O9. The van der Waals surface area contributed by atoms with Crippen LogP contribution in [0.4, 0.5) is 4.79 Å². The summed E-state index contributed by atoms with van der Waals surface area (Å²) in [5.41, 5.74) is 0.374. The highest BCUT2D eigenvalue weighted by atomic mass is 16.6. The minimum Gasteiger partial charge on any atom is -0.459 e. The van der Waals surface area contributed by atoms with E-state index in [1.807, 2.05) is 26.0 Å². The summed E-state index contributed by atoms with van der Waals surface area (Å²) >= 11 is 0. The number of alkyl carbamates (subject to hydrolysis) is 1. The van der Waals surface area contributed by atoms with Gasteiger partial charge in [-0.1, -0.05) is 30.7 Å². The van der Waals surface area contributed by atoms with Crippen LogP contribution in [-0.2, 0) is 33.3 Å². The van der Waals surface area contributed by atoms with E-state index in [-0.39, 0.29) is 42.7 Å². The number of hydrogen-bond acceptors (Lipinski definition) is 9. The number of carbonyl (C=O) groups is 3. The number of ether oxygens (including phenoxy) is 5. The first-order valence-electron chi connectivity index (χ1n) is 13.9. The number of allylic oxidation sites excluding steroid dienone is 2. The van der Waals surface area contributed by atoms with E-state index in [4.69, 9.17) is 18.9 Å². The lowest BCUT2D eigenvalue weighted by Gasteiger charge is -2.39. The van der Waals surface area contributed by atoms with Gasteiger partial charge in [0.1, 0.15) is 23.9 Å². The van der Waals surface area contributed by atoms with Crippen LogP contribution in [-0.4, -0.2) is 91.6 Å². The Morgan fingerprint density at radius 3 is 2.55 bits per heavy atom. The van der Waals surface area contributed by atoms with E-state index < -0.39 is 36.0 Å².